The van der Waals surface area contributed by atoms with Gasteiger partial charge in [0, 0.05) is 38.1 Å². The summed E-state index contributed by atoms with van der Waals surface area (Å²) in [5, 5.41) is 10.9. The minimum absolute atomic E-state index is 0.550. The molecule has 1 atom stereocenters. The number of aromatic nitrogens is 2. The molecule has 0 aliphatic carbocycles. The van der Waals surface area contributed by atoms with Crippen molar-refractivity contribution in [3.05, 3.63) is 77.6 Å². The summed E-state index contributed by atoms with van der Waals surface area (Å²) < 4.78 is 0. The fraction of sp³-hybridized carbons (Fsp3) is 0.529. The summed E-state index contributed by atoms with van der Waals surface area (Å²) in [6.07, 6.45) is 20.1. The van der Waals surface area contributed by atoms with Gasteiger partial charge in [0.05, 0.1) is 17.5 Å². The second-order valence-corrected chi connectivity index (χ2v) is 10.9. The van der Waals surface area contributed by atoms with Gasteiger partial charge in [-0.25, -0.2) is 0 Å². The number of benzene rings is 1. The minimum atomic E-state index is -0.550. The number of aliphatic hydroxyl groups excluding tert-OH is 1. The molecular formula is C34H49N3O. The lowest BCUT2D eigenvalue weighted by atomic mass is 10.0. The molecule has 2 aromatic heterocycles. The van der Waals surface area contributed by atoms with Crippen molar-refractivity contribution in [2.75, 3.05) is 18.5 Å². The zero-order chi connectivity index (χ0) is 27.0. The molecule has 0 spiro atoms. The molecule has 3 rings (SSSR count). The zero-order valence-electron chi connectivity index (χ0n) is 24.0. The Labute approximate surface area is 231 Å². The number of anilines is 1. The maximum absolute atomic E-state index is 10.9. The summed E-state index contributed by atoms with van der Waals surface area (Å²) in [6.45, 7) is 5.41. The summed E-state index contributed by atoms with van der Waals surface area (Å²) in [5.74, 6) is 0. The van der Waals surface area contributed by atoms with Gasteiger partial charge in [-0.1, -0.05) is 89.7 Å². The van der Waals surface area contributed by atoms with E-state index < -0.39 is 6.10 Å². The summed E-state index contributed by atoms with van der Waals surface area (Å²) in [7, 11) is 2.17. The van der Waals surface area contributed by atoms with E-state index in [0.29, 0.717) is 6.42 Å². The molecule has 38 heavy (non-hydrogen) atoms. The highest BCUT2D eigenvalue weighted by Gasteiger charge is 2.11. The van der Waals surface area contributed by atoms with E-state index in [1.807, 2.05) is 30.5 Å². The van der Waals surface area contributed by atoms with Gasteiger partial charge in [0.2, 0.25) is 0 Å². The SMILES string of the molecule is CCCCCCCCCCCCCCN(C)c1ccc(C(O)Cc2ccnc(-c3cc(C)ccn3)c2)cc1. The third-order valence-electron chi connectivity index (χ3n) is 7.50. The molecule has 0 saturated heterocycles. The van der Waals surface area contributed by atoms with Crippen molar-refractivity contribution in [1.82, 2.24) is 9.97 Å². The molecule has 0 aliphatic heterocycles. The second-order valence-electron chi connectivity index (χ2n) is 10.9. The molecule has 4 nitrogen and oxygen atoms in total. The van der Waals surface area contributed by atoms with Crippen LogP contribution in [0.2, 0.25) is 0 Å². The predicted molar refractivity (Wildman–Crippen MR) is 162 cm³/mol. The summed E-state index contributed by atoms with van der Waals surface area (Å²) in [4.78, 5) is 11.2. The number of hydrogen-bond donors (Lipinski definition) is 1. The molecule has 3 aromatic rings. The first-order chi connectivity index (χ1) is 18.6. The molecule has 0 fully saturated rings. The second kappa shape index (κ2) is 17.0. The van der Waals surface area contributed by atoms with Crippen molar-refractivity contribution in [2.24, 2.45) is 0 Å². The Morgan fingerprint density at radius 2 is 1.26 bits per heavy atom. The van der Waals surface area contributed by atoms with Crippen molar-refractivity contribution in [2.45, 2.75) is 103 Å². The smallest absolute Gasteiger partial charge is 0.0888 e. The molecular weight excluding hydrogens is 466 g/mol. The van der Waals surface area contributed by atoms with Crippen LogP contribution < -0.4 is 4.90 Å². The van der Waals surface area contributed by atoms with Crippen LogP contribution in [0.3, 0.4) is 0 Å². The first-order valence-electron chi connectivity index (χ1n) is 14.9. The Morgan fingerprint density at radius 3 is 1.87 bits per heavy atom. The normalized spacial score (nSPS) is 12.0. The number of aryl methyl sites for hydroxylation is 1. The lowest BCUT2D eigenvalue weighted by molar-refractivity contribution is 0.178. The third-order valence-corrected chi connectivity index (χ3v) is 7.50. The predicted octanol–water partition coefficient (Wildman–Crippen LogP) is 8.87. The number of rotatable bonds is 18. The molecule has 206 valence electrons. The fourth-order valence-corrected chi connectivity index (χ4v) is 5.03. The molecule has 0 bridgehead atoms. The maximum atomic E-state index is 10.9. The number of pyridine rings is 2. The minimum Gasteiger partial charge on any atom is -0.388 e. The van der Waals surface area contributed by atoms with Crippen LogP contribution in [-0.2, 0) is 6.42 Å². The van der Waals surface area contributed by atoms with E-state index in [1.54, 1.807) is 6.20 Å². The van der Waals surface area contributed by atoms with Crippen LogP contribution in [0.1, 0.15) is 107 Å². The van der Waals surface area contributed by atoms with E-state index in [9.17, 15) is 5.11 Å². The topological polar surface area (TPSA) is 49.2 Å². The van der Waals surface area contributed by atoms with Crippen molar-refractivity contribution in [3.63, 3.8) is 0 Å². The number of aliphatic hydroxyl groups is 1. The van der Waals surface area contributed by atoms with Gasteiger partial charge < -0.3 is 10.0 Å². The van der Waals surface area contributed by atoms with Crippen LogP contribution in [0.15, 0.2) is 60.9 Å². The zero-order valence-corrected chi connectivity index (χ0v) is 24.0. The van der Waals surface area contributed by atoms with Crippen molar-refractivity contribution >= 4 is 5.69 Å². The summed E-state index contributed by atoms with van der Waals surface area (Å²) >= 11 is 0. The van der Waals surface area contributed by atoms with Gasteiger partial charge in [0.1, 0.15) is 0 Å². The van der Waals surface area contributed by atoms with Gasteiger partial charge in [-0.3, -0.25) is 9.97 Å². The number of hydrogen-bond acceptors (Lipinski definition) is 4. The van der Waals surface area contributed by atoms with Crippen LogP contribution in [0.5, 0.6) is 0 Å². The van der Waals surface area contributed by atoms with E-state index in [0.717, 1.165) is 34.6 Å². The van der Waals surface area contributed by atoms with Gasteiger partial charge >= 0.3 is 0 Å². The van der Waals surface area contributed by atoms with Crippen molar-refractivity contribution < 1.29 is 5.11 Å². The van der Waals surface area contributed by atoms with E-state index >= 15 is 0 Å². The highest BCUT2D eigenvalue weighted by Crippen LogP contribution is 2.24. The first-order valence-corrected chi connectivity index (χ1v) is 14.9. The van der Waals surface area contributed by atoms with Gasteiger partial charge in [-0.15, -0.1) is 0 Å². The quantitative estimate of drug-likeness (QED) is 0.172. The van der Waals surface area contributed by atoms with Crippen molar-refractivity contribution in [1.29, 1.82) is 0 Å². The molecule has 0 saturated carbocycles. The Hall–Kier alpha value is -2.72. The van der Waals surface area contributed by atoms with Crippen molar-refractivity contribution in [3.8, 4) is 11.4 Å². The van der Waals surface area contributed by atoms with Crippen LogP contribution in [0.4, 0.5) is 5.69 Å². The molecule has 4 heteroatoms. The summed E-state index contributed by atoms with van der Waals surface area (Å²) in [5.41, 5.74) is 6.07. The highest BCUT2D eigenvalue weighted by atomic mass is 16.3. The molecule has 0 radical (unpaired) electrons. The van der Waals surface area contributed by atoms with Gasteiger partial charge in [-0.05, 0) is 66.4 Å². The lowest BCUT2D eigenvalue weighted by Crippen LogP contribution is -2.18. The van der Waals surface area contributed by atoms with Gasteiger partial charge in [-0.2, -0.15) is 0 Å². The third kappa shape index (κ3) is 10.6. The largest absolute Gasteiger partial charge is 0.388 e. The number of unbranched alkanes of at least 4 members (excludes halogenated alkanes) is 11. The van der Waals surface area contributed by atoms with Gasteiger partial charge in [0.25, 0.3) is 0 Å². The number of nitrogens with zero attached hydrogens (tertiary/aromatic N) is 3. The Morgan fingerprint density at radius 1 is 0.711 bits per heavy atom. The molecule has 0 aliphatic rings. The highest BCUT2D eigenvalue weighted by molar-refractivity contribution is 5.55. The van der Waals surface area contributed by atoms with Crippen LogP contribution >= 0.6 is 0 Å². The van der Waals surface area contributed by atoms with Crippen LogP contribution in [0.25, 0.3) is 11.4 Å². The van der Waals surface area contributed by atoms with E-state index in [1.165, 1.54) is 82.7 Å². The average Bonchev–Trinajstić information content (AvgIpc) is 2.93. The fourth-order valence-electron chi connectivity index (χ4n) is 5.03. The molecule has 2 heterocycles. The Kier molecular flexibility index (Phi) is 13.3. The Bertz CT molecular complexity index is 1050. The maximum Gasteiger partial charge on any atom is 0.0888 e. The van der Waals surface area contributed by atoms with Gasteiger partial charge in [0.15, 0.2) is 0 Å². The molecule has 1 aromatic carbocycles. The monoisotopic (exact) mass is 515 g/mol. The first kappa shape index (κ1) is 29.8. The van der Waals surface area contributed by atoms with Crippen LogP contribution in [-0.4, -0.2) is 28.7 Å². The van der Waals surface area contributed by atoms with E-state index in [-0.39, 0.29) is 0 Å². The average molecular weight is 516 g/mol. The summed E-state index contributed by atoms with van der Waals surface area (Å²) in [6, 6.07) is 16.4. The van der Waals surface area contributed by atoms with Crippen LogP contribution in [0, 0.1) is 6.92 Å². The Balaban J connectivity index is 1.35. The van der Waals surface area contributed by atoms with E-state index in [2.05, 4.69) is 60.0 Å². The van der Waals surface area contributed by atoms with E-state index in [4.69, 9.17) is 0 Å². The molecule has 1 N–H and O–H groups in total. The molecule has 1 unspecified atom stereocenters. The molecule has 0 amide bonds. The lowest BCUT2D eigenvalue weighted by Gasteiger charge is -2.20. The standard InChI is InChI=1S/C34H49N3O/c1-4-5-6-7-8-9-10-11-12-13-14-15-24-37(3)31-18-16-30(17-19-31)34(38)27-29-21-23-36-33(26-29)32-25-28(2)20-22-35-32/h16-23,25-26,34,38H,4-15,24,27H2,1-3H3.